The van der Waals surface area contributed by atoms with Gasteiger partial charge in [-0.05, 0) is 49.8 Å². The average Bonchev–Trinajstić information content (AvgIpc) is 2.72. The number of aliphatic carboxylic acids is 1. The number of hydrogen-bond acceptors (Lipinski definition) is 7. The molecule has 0 amide bonds. The Kier molecular flexibility index (Phi) is 10.1. The maximum Gasteiger partial charge on any atom is 0.451 e. The molecule has 1 heterocycles. The van der Waals surface area contributed by atoms with Crippen molar-refractivity contribution in [1.82, 2.24) is 9.80 Å². The van der Waals surface area contributed by atoms with Crippen LogP contribution in [0.2, 0.25) is 6.32 Å². The molecular weight excluding hydrogens is 385 g/mol. The van der Waals surface area contributed by atoms with Crippen LogP contribution in [0, 0.1) is 0 Å². The van der Waals surface area contributed by atoms with E-state index in [1.165, 1.54) is 5.56 Å². The first kappa shape index (κ1) is 24.6. The lowest BCUT2D eigenvalue weighted by atomic mass is 9.81. The summed E-state index contributed by atoms with van der Waals surface area (Å²) in [7, 11) is 0.335. The number of carbonyl (C=O) groups is 1. The maximum atomic E-state index is 11.6. The molecular formula is C21H36BN3O5. The summed E-state index contributed by atoms with van der Waals surface area (Å²) < 4.78 is 5.29. The molecule has 8 nitrogen and oxygen atoms in total. The molecule has 1 aromatic rings. The summed E-state index contributed by atoms with van der Waals surface area (Å²) in [5.74, 6) is -0.0995. The molecule has 1 unspecified atom stereocenters. The molecule has 30 heavy (non-hydrogen) atoms. The van der Waals surface area contributed by atoms with Gasteiger partial charge in [-0.15, -0.1) is 0 Å². The van der Waals surface area contributed by atoms with Crippen molar-refractivity contribution in [1.29, 1.82) is 0 Å². The molecule has 0 radical (unpaired) electrons. The summed E-state index contributed by atoms with van der Waals surface area (Å²) in [4.78, 5) is 16.4. The van der Waals surface area contributed by atoms with Crippen molar-refractivity contribution in [3.05, 3.63) is 29.8 Å². The monoisotopic (exact) mass is 421 g/mol. The van der Waals surface area contributed by atoms with Gasteiger partial charge in [0.25, 0.3) is 0 Å². The van der Waals surface area contributed by atoms with E-state index in [4.69, 9.17) is 20.5 Å². The Morgan fingerprint density at radius 2 is 1.80 bits per heavy atom. The number of carboxylic acid groups (broad SMARTS) is 1. The summed E-state index contributed by atoms with van der Waals surface area (Å²) in [5.41, 5.74) is 6.14. The Labute approximate surface area is 179 Å². The zero-order valence-corrected chi connectivity index (χ0v) is 18.0. The van der Waals surface area contributed by atoms with Gasteiger partial charge in [-0.3, -0.25) is 9.69 Å². The van der Waals surface area contributed by atoms with Crippen molar-refractivity contribution in [3.63, 3.8) is 0 Å². The summed E-state index contributed by atoms with van der Waals surface area (Å²) >= 11 is 0. The van der Waals surface area contributed by atoms with Gasteiger partial charge < -0.3 is 30.5 Å². The number of nitrogens with zero attached hydrogens (tertiary/aromatic N) is 2. The highest BCUT2D eigenvalue weighted by atomic mass is 16.5. The van der Waals surface area contributed by atoms with E-state index in [1.807, 2.05) is 12.1 Å². The number of piperazine rings is 1. The second-order valence-electron chi connectivity index (χ2n) is 8.26. The predicted molar refractivity (Wildman–Crippen MR) is 117 cm³/mol. The largest absolute Gasteiger partial charge is 0.497 e. The van der Waals surface area contributed by atoms with Gasteiger partial charge in [-0.2, -0.15) is 0 Å². The fourth-order valence-electron chi connectivity index (χ4n) is 3.92. The Morgan fingerprint density at radius 3 is 2.43 bits per heavy atom. The molecule has 1 atom stereocenters. The van der Waals surface area contributed by atoms with Crippen molar-refractivity contribution in [3.8, 4) is 5.75 Å². The van der Waals surface area contributed by atoms with Gasteiger partial charge in [0, 0.05) is 32.7 Å². The van der Waals surface area contributed by atoms with E-state index in [0.29, 0.717) is 25.7 Å². The summed E-state index contributed by atoms with van der Waals surface area (Å²) in [6, 6.07) is 8.15. The number of nitrogens with two attached hydrogens (primary N) is 1. The molecule has 9 heteroatoms. The minimum absolute atomic E-state index is 0.246. The van der Waals surface area contributed by atoms with Crippen LogP contribution in [0.25, 0.3) is 0 Å². The van der Waals surface area contributed by atoms with Crippen LogP contribution in [-0.2, 0) is 11.3 Å². The SMILES string of the molecule is COc1cccc(CN2CCN(CCCC(N)(CCCCB(O)O)C(=O)O)CC2)c1. The topological polar surface area (TPSA) is 119 Å². The Bertz CT molecular complexity index is 655. The molecule has 5 N–H and O–H groups in total. The highest BCUT2D eigenvalue weighted by molar-refractivity contribution is 6.40. The van der Waals surface area contributed by atoms with Gasteiger partial charge >= 0.3 is 13.1 Å². The third-order valence-electron chi connectivity index (χ3n) is 5.86. The highest BCUT2D eigenvalue weighted by Gasteiger charge is 2.33. The first-order chi connectivity index (χ1) is 14.3. The van der Waals surface area contributed by atoms with E-state index in [1.54, 1.807) is 7.11 Å². The van der Waals surface area contributed by atoms with Gasteiger partial charge in [-0.1, -0.05) is 25.0 Å². The van der Waals surface area contributed by atoms with Crippen LogP contribution in [0.1, 0.15) is 37.7 Å². The van der Waals surface area contributed by atoms with Crippen molar-refractivity contribution in [2.24, 2.45) is 5.73 Å². The zero-order valence-electron chi connectivity index (χ0n) is 18.0. The molecule has 1 aliphatic heterocycles. The quantitative estimate of drug-likeness (QED) is 0.275. The molecule has 1 saturated heterocycles. The van der Waals surface area contributed by atoms with Crippen molar-refractivity contribution in [2.75, 3.05) is 39.8 Å². The summed E-state index contributed by atoms with van der Waals surface area (Å²) in [6.07, 6.45) is 2.89. The van der Waals surface area contributed by atoms with E-state index in [2.05, 4.69) is 21.9 Å². The molecule has 0 saturated carbocycles. The van der Waals surface area contributed by atoms with Crippen LogP contribution in [0.5, 0.6) is 5.75 Å². The van der Waals surface area contributed by atoms with E-state index >= 15 is 0 Å². The zero-order chi connectivity index (χ0) is 22.0. The number of carboxylic acids is 1. The number of ether oxygens (including phenoxy) is 1. The number of methoxy groups -OCH3 is 1. The maximum absolute atomic E-state index is 11.6. The van der Waals surface area contributed by atoms with Crippen molar-refractivity contribution in [2.45, 2.75) is 50.5 Å². The third-order valence-corrected chi connectivity index (χ3v) is 5.86. The molecule has 1 fully saturated rings. The second kappa shape index (κ2) is 12.3. The van der Waals surface area contributed by atoms with Crippen molar-refractivity contribution < 1.29 is 24.7 Å². The first-order valence-electron chi connectivity index (χ1n) is 10.8. The van der Waals surface area contributed by atoms with Gasteiger partial charge in [-0.25, -0.2) is 0 Å². The minimum atomic E-state index is -1.34. The van der Waals surface area contributed by atoms with E-state index in [-0.39, 0.29) is 6.32 Å². The normalized spacial score (nSPS) is 17.5. The number of benzene rings is 1. The molecule has 0 aliphatic carbocycles. The Morgan fingerprint density at radius 1 is 1.13 bits per heavy atom. The second-order valence-corrected chi connectivity index (χ2v) is 8.26. The van der Waals surface area contributed by atoms with Crippen LogP contribution < -0.4 is 10.5 Å². The smallest absolute Gasteiger partial charge is 0.451 e. The molecule has 2 rings (SSSR count). The van der Waals surface area contributed by atoms with Crippen LogP contribution in [0.15, 0.2) is 24.3 Å². The van der Waals surface area contributed by atoms with Crippen LogP contribution in [0.4, 0.5) is 0 Å². The lowest BCUT2D eigenvalue weighted by Gasteiger charge is -2.35. The minimum Gasteiger partial charge on any atom is -0.497 e. The van der Waals surface area contributed by atoms with E-state index in [0.717, 1.165) is 51.4 Å². The average molecular weight is 421 g/mol. The highest BCUT2D eigenvalue weighted by Crippen LogP contribution is 2.20. The lowest BCUT2D eigenvalue weighted by molar-refractivity contribution is -0.144. The number of hydrogen-bond donors (Lipinski definition) is 4. The summed E-state index contributed by atoms with van der Waals surface area (Å²) in [6.45, 7) is 5.62. The van der Waals surface area contributed by atoms with Crippen LogP contribution in [-0.4, -0.2) is 83.4 Å². The molecule has 0 aromatic heterocycles. The molecule has 0 bridgehead atoms. The summed E-state index contributed by atoms with van der Waals surface area (Å²) in [5, 5.41) is 27.3. The molecule has 168 valence electrons. The fourth-order valence-corrected chi connectivity index (χ4v) is 3.92. The van der Waals surface area contributed by atoms with Gasteiger partial charge in [0.2, 0.25) is 0 Å². The Balaban J connectivity index is 1.69. The standard InChI is InChI=1S/C21H36BN3O5/c1-30-19-7-4-6-18(16-19)17-25-14-12-24(13-15-25)11-5-9-21(23,20(26)27)8-2-3-10-22(28)29/h4,6-7,16,28-29H,2-3,5,8-15,17,23H2,1H3,(H,26,27). The van der Waals surface area contributed by atoms with Gasteiger partial charge in [0.15, 0.2) is 0 Å². The van der Waals surface area contributed by atoms with E-state index in [9.17, 15) is 9.90 Å². The molecule has 0 spiro atoms. The molecule has 1 aromatic carbocycles. The fraction of sp³-hybridized carbons (Fsp3) is 0.667. The Hall–Kier alpha value is -1.65. The van der Waals surface area contributed by atoms with Crippen molar-refractivity contribution >= 4 is 13.1 Å². The molecule has 1 aliphatic rings. The number of rotatable bonds is 13. The van der Waals surface area contributed by atoms with Crippen LogP contribution in [0.3, 0.4) is 0 Å². The predicted octanol–water partition coefficient (Wildman–Crippen LogP) is 1.02. The van der Waals surface area contributed by atoms with Gasteiger partial charge in [0.05, 0.1) is 7.11 Å². The van der Waals surface area contributed by atoms with E-state index < -0.39 is 18.6 Å². The first-order valence-corrected chi connectivity index (χ1v) is 10.8. The third kappa shape index (κ3) is 8.24. The number of unbranched alkanes of at least 4 members (excludes halogenated alkanes) is 1. The lowest BCUT2D eigenvalue weighted by Crippen LogP contribution is -2.49. The van der Waals surface area contributed by atoms with Crippen LogP contribution >= 0.6 is 0 Å². The van der Waals surface area contributed by atoms with Gasteiger partial charge in [0.1, 0.15) is 11.3 Å².